The van der Waals surface area contributed by atoms with Crippen molar-refractivity contribution in [3.05, 3.63) is 94.5 Å². The number of ether oxygens (including phenoxy) is 1. The molecule has 174 valence electrons. The van der Waals surface area contributed by atoms with Gasteiger partial charge in [-0.1, -0.05) is 41.9 Å². The molecule has 0 atom stereocenters. The summed E-state index contributed by atoms with van der Waals surface area (Å²) in [6, 6.07) is 21.1. The molecule has 0 fully saturated rings. The van der Waals surface area contributed by atoms with Gasteiger partial charge in [0.05, 0.1) is 24.6 Å². The minimum atomic E-state index is -3.56. The molecule has 3 aromatic carbocycles. The van der Waals surface area contributed by atoms with E-state index in [-0.39, 0.29) is 18.6 Å². The summed E-state index contributed by atoms with van der Waals surface area (Å²) in [7, 11) is -3.56. The van der Waals surface area contributed by atoms with E-state index < -0.39 is 10.0 Å². The lowest BCUT2D eigenvalue weighted by molar-refractivity contribution is 0.0951. The van der Waals surface area contributed by atoms with Gasteiger partial charge in [-0.2, -0.15) is 0 Å². The standard InChI is InChI=1S/C25H27ClN2O4S/c1-18(2)32-23-14-8-19(9-15-23)16-27-25(29)20-10-12-22(13-11-20)28(33(3,30)31)17-21-6-4-5-7-24(21)26/h4-15,18H,16-17H2,1-3H3,(H,27,29). The third kappa shape index (κ3) is 6.97. The third-order valence-corrected chi connectivity index (χ3v) is 6.35. The fraction of sp³-hybridized carbons (Fsp3) is 0.240. The Hall–Kier alpha value is -3.03. The quantitative estimate of drug-likeness (QED) is 0.460. The number of sulfonamides is 1. The summed E-state index contributed by atoms with van der Waals surface area (Å²) in [6.45, 7) is 4.39. The van der Waals surface area contributed by atoms with Gasteiger partial charge in [-0.3, -0.25) is 9.10 Å². The number of nitrogens with zero attached hydrogens (tertiary/aromatic N) is 1. The van der Waals surface area contributed by atoms with E-state index in [1.165, 1.54) is 4.31 Å². The first kappa shape index (κ1) is 24.6. The summed E-state index contributed by atoms with van der Waals surface area (Å²) < 4.78 is 31.7. The zero-order valence-electron chi connectivity index (χ0n) is 18.8. The predicted octanol–water partition coefficient (Wildman–Crippen LogP) is 5.02. The van der Waals surface area contributed by atoms with Crippen LogP contribution in [0.5, 0.6) is 5.75 Å². The van der Waals surface area contributed by atoms with E-state index in [0.717, 1.165) is 17.6 Å². The molecular weight excluding hydrogens is 460 g/mol. The van der Waals surface area contributed by atoms with Crippen LogP contribution in [0.1, 0.15) is 35.3 Å². The van der Waals surface area contributed by atoms with Gasteiger partial charge in [-0.15, -0.1) is 0 Å². The summed E-state index contributed by atoms with van der Waals surface area (Å²) in [5.74, 6) is 0.531. The van der Waals surface area contributed by atoms with Gasteiger partial charge < -0.3 is 10.1 Å². The molecule has 0 aliphatic heterocycles. The minimum absolute atomic E-state index is 0.0978. The maximum Gasteiger partial charge on any atom is 0.251 e. The van der Waals surface area contributed by atoms with Crippen LogP contribution in [0, 0.1) is 0 Å². The number of halogens is 1. The number of amides is 1. The van der Waals surface area contributed by atoms with Crippen LogP contribution in [-0.2, 0) is 23.1 Å². The molecule has 33 heavy (non-hydrogen) atoms. The van der Waals surface area contributed by atoms with Crippen LogP contribution in [0.2, 0.25) is 5.02 Å². The van der Waals surface area contributed by atoms with E-state index in [9.17, 15) is 13.2 Å². The smallest absolute Gasteiger partial charge is 0.251 e. The van der Waals surface area contributed by atoms with Gasteiger partial charge in [0.15, 0.2) is 0 Å². The van der Waals surface area contributed by atoms with Crippen LogP contribution in [0.3, 0.4) is 0 Å². The van der Waals surface area contributed by atoms with Crippen molar-refractivity contribution in [1.82, 2.24) is 5.32 Å². The Balaban J connectivity index is 1.67. The molecule has 1 amide bonds. The normalized spacial score (nSPS) is 11.3. The Kier molecular flexibility index (Phi) is 8.00. The first-order chi connectivity index (χ1) is 15.6. The fourth-order valence-corrected chi connectivity index (χ4v) is 4.28. The number of carbonyl (C=O) groups is 1. The highest BCUT2D eigenvalue weighted by Crippen LogP contribution is 2.24. The number of carbonyl (C=O) groups excluding carboxylic acids is 1. The molecule has 0 saturated carbocycles. The molecule has 3 rings (SSSR count). The monoisotopic (exact) mass is 486 g/mol. The molecule has 0 aromatic heterocycles. The van der Waals surface area contributed by atoms with Crippen molar-refractivity contribution in [1.29, 1.82) is 0 Å². The Morgan fingerprint density at radius 1 is 1.00 bits per heavy atom. The molecule has 0 aliphatic rings. The number of hydrogen-bond acceptors (Lipinski definition) is 4. The number of benzene rings is 3. The average Bonchev–Trinajstić information content (AvgIpc) is 2.77. The van der Waals surface area contributed by atoms with Crippen molar-refractivity contribution in [2.75, 3.05) is 10.6 Å². The molecular formula is C25H27ClN2O4S. The Morgan fingerprint density at radius 3 is 2.21 bits per heavy atom. The molecule has 1 N–H and O–H groups in total. The number of rotatable bonds is 9. The number of nitrogens with one attached hydrogen (secondary N) is 1. The molecule has 0 radical (unpaired) electrons. The molecule has 0 aliphatic carbocycles. The first-order valence-corrected chi connectivity index (χ1v) is 12.7. The van der Waals surface area contributed by atoms with Crippen LogP contribution < -0.4 is 14.4 Å². The van der Waals surface area contributed by atoms with Crippen LogP contribution >= 0.6 is 11.6 Å². The second-order valence-electron chi connectivity index (χ2n) is 7.90. The SMILES string of the molecule is CC(C)Oc1ccc(CNC(=O)c2ccc(N(Cc3ccccc3Cl)S(C)(=O)=O)cc2)cc1. The molecule has 3 aromatic rings. The van der Waals surface area contributed by atoms with E-state index in [4.69, 9.17) is 16.3 Å². The Labute approximate surface area is 200 Å². The zero-order chi connectivity index (χ0) is 24.0. The third-order valence-electron chi connectivity index (χ3n) is 4.84. The highest BCUT2D eigenvalue weighted by molar-refractivity contribution is 7.92. The van der Waals surface area contributed by atoms with Gasteiger partial charge in [0.2, 0.25) is 10.0 Å². The molecule has 8 heteroatoms. The molecule has 0 saturated heterocycles. The lowest BCUT2D eigenvalue weighted by Crippen LogP contribution is -2.29. The van der Waals surface area contributed by atoms with Gasteiger partial charge in [0.25, 0.3) is 5.91 Å². The van der Waals surface area contributed by atoms with Crippen molar-refractivity contribution in [3.8, 4) is 5.75 Å². The second-order valence-corrected chi connectivity index (χ2v) is 10.2. The van der Waals surface area contributed by atoms with E-state index in [2.05, 4.69) is 5.32 Å². The number of hydrogen-bond donors (Lipinski definition) is 1. The largest absolute Gasteiger partial charge is 0.491 e. The van der Waals surface area contributed by atoms with Gasteiger partial charge in [0, 0.05) is 17.1 Å². The summed E-state index contributed by atoms with van der Waals surface area (Å²) in [4.78, 5) is 12.6. The maximum atomic E-state index is 12.6. The fourth-order valence-electron chi connectivity index (χ4n) is 3.20. The van der Waals surface area contributed by atoms with Crippen molar-refractivity contribution < 1.29 is 17.9 Å². The van der Waals surface area contributed by atoms with Crippen molar-refractivity contribution in [3.63, 3.8) is 0 Å². The average molecular weight is 487 g/mol. The summed E-state index contributed by atoms with van der Waals surface area (Å²) >= 11 is 6.21. The zero-order valence-corrected chi connectivity index (χ0v) is 20.4. The van der Waals surface area contributed by atoms with E-state index in [1.54, 1.807) is 48.5 Å². The van der Waals surface area contributed by atoms with Crippen LogP contribution in [-0.4, -0.2) is 26.7 Å². The maximum absolute atomic E-state index is 12.6. The first-order valence-electron chi connectivity index (χ1n) is 10.5. The second kappa shape index (κ2) is 10.7. The van der Waals surface area contributed by atoms with E-state index >= 15 is 0 Å². The minimum Gasteiger partial charge on any atom is -0.491 e. The van der Waals surface area contributed by atoms with Gasteiger partial charge in [-0.05, 0) is 67.4 Å². The molecule has 6 nitrogen and oxygen atoms in total. The van der Waals surface area contributed by atoms with E-state index in [1.807, 2.05) is 38.1 Å². The van der Waals surface area contributed by atoms with Crippen LogP contribution in [0.4, 0.5) is 5.69 Å². The topological polar surface area (TPSA) is 75.7 Å². The molecule has 0 spiro atoms. The van der Waals surface area contributed by atoms with Crippen molar-refractivity contribution in [2.24, 2.45) is 0 Å². The molecule has 0 bridgehead atoms. The van der Waals surface area contributed by atoms with Gasteiger partial charge in [0.1, 0.15) is 5.75 Å². The Bertz CT molecular complexity index is 1190. The highest BCUT2D eigenvalue weighted by Gasteiger charge is 2.19. The lowest BCUT2D eigenvalue weighted by Gasteiger charge is -2.23. The lowest BCUT2D eigenvalue weighted by atomic mass is 10.1. The highest BCUT2D eigenvalue weighted by atomic mass is 35.5. The summed E-state index contributed by atoms with van der Waals surface area (Å²) in [6.07, 6.45) is 1.24. The predicted molar refractivity (Wildman–Crippen MR) is 132 cm³/mol. The summed E-state index contributed by atoms with van der Waals surface area (Å²) in [5, 5.41) is 3.36. The molecule has 0 unspecified atom stereocenters. The van der Waals surface area contributed by atoms with E-state index in [0.29, 0.717) is 28.4 Å². The van der Waals surface area contributed by atoms with Gasteiger partial charge in [-0.25, -0.2) is 8.42 Å². The van der Waals surface area contributed by atoms with Crippen molar-refractivity contribution >= 4 is 33.2 Å². The van der Waals surface area contributed by atoms with Crippen LogP contribution in [0.25, 0.3) is 0 Å². The van der Waals surface area contributed by atoms with Crippen molar-refractivity contribution in [2.45, 2.75) is 33.0 Å². The van der Waals surface area contributed by atoms with Crippen LogP contribution in [0.15, 0.2) is 72.8 Å². The molecule has 0 heterocycles. The van der Waals surface area contributed by atoms with Gasteiger partial charge >= 0.3 is 0 Å². The Morgan fingerprint density at radius 2 is 1.64 bits per heavy atom. The number of anilines is 1. The summed E-state index contributed by atoms with van der Waals surface area (Å²) in [5.41, 5.74) is 2.52.